The molecule has 0 spiro atoms. The van der Waals surface area contributed by atoms with Crippen LogP contribution in [0.3, 0.4) is 0 Å². The van der Waals surface area contributed by atoms with Crippen molar-refractivity contribution in [3.63, 3.8) is 0 Å². The Labute approximate surface area is 72.3 Å². The molecule has 0 amide bonds. The van der Waals surface area contributed by atoms with Gasteiger partial charge in [-0.05, 0) is 24.2 Å². The molecule has 0 aliphatic carbocycles. The van der Waals surface area contributed by atoms with Crippen molar-refractivity contribution in [2.45, 2.75) is 0 Å². The van der Waals surface area contributed by atoms with E-state index in [1.807, 2.05) is 18.2 Å². The monoisotopic (exact) mass is 157 g/mol. The van der Waals surface area contributed by atoms with Crippen LogP contribution in [0, 0.1) is 0 Å². The molecule has 2 aromatic rings. The third-order valence-electron chi connectivity index (χ3n) is 1.51. The number of nitrogens with zero attached hydrogens (tertiary/aromatic N) is 2. The predicted molar refractivity (Wildman–Crippen MR) is 47.5 cm³/mol. The lowest BCUT2D eigenvalue weighted by atomic mass is 10.2. The maximum Gasteiger partial charge on any atom is 0.0886 e. The summed E-state index contributed by atoms with van der Waals surface area (Å²) in [7, 11) is 0. The second kappa shape index (κ2) is 3.13. The molecule has 0 radical (unpaired) electrons. The summed E-state index contributed by atoms with van der Waals surface area (Å²) in [5.74, 6) is 0. The summed E-state index contributed by atoms with van der Waals surface area (Å²) in [6.07, 6.45) is 3.37. The summed E-state index contributed by atoms with van der Waals surface area (Å²) in [6.45, 7) is 0. The number of hydrogen-bond acceptors (Lipinski definition) is 2. The molecule has 2 heteroatoms. The van der Waals surface area contributed by atoms with E-state index >= 15 is 0 Å². The van der Waals surface area contributed by atoms with Crippen molar-refractivity contribution < 1.29 is 1.37 Å². The van der Waals surface area contributed by atoms with Crippen LogP contribution in [-0.4, -0.2) is 9.97 Å². The van der Waals surface area contributed by atoms with Crippen LogP contribution in [0.15, 0.2) is 48.8 Å². The van der Waals surface area contributed by atoms with E-state index in [4.69, 9.17) is 1.37 Å². The minimum Gasteiger partial charge on any atom is -0.255 e. The van der Waals surface area contributed by atoms with Gasteiger partial charge in [0.2, 0.25) is 0 Å². The first kappa shape index (κ1) is 5.89. The van der Waals surface area contributed by atoms with Gasteiger partial charge in [-0.15, -0.1) is 0 Å². The quantitative estimate of drug-likeness (QED) is 0.633. The summed E-state index contributed by atoms with van der Waals surface area (Å²) in [5.41, 5.74) is 1.37. The highest BCUT2D eigenvalue weighted by Gasteiger charge is 1.95. The van der Waals surface area contributed by atoms with E-state index in [2.05, 4.69) is 9.97 Å². The van der Waals surface area contributed by atoms with Gasteiger partial charge in [-0.2, -0.15) is 0 Å². The molecule has 2 aromatic heterocycles. The van der Waals surface area contributed by atoms with Crippen molar-refractivity contribution in [2.75, 3.05) is 0 Å². The molecular weight excluding hydrogens is 148 g/mol. The van der Waals surface area contributed by atoms with Crippen LogP contribution in [0.5, 0.6) is 0 Å². The highest BCUT2D eigenvalue weighted by molar-refractivity contribution is 5.52. The Bertz CT molecular complexity index is 401. The lowest BCUT2D eigenvalue weighted by Gasteiger charge is -1.96. The topological polar surface area (TPSA) is 25.8 Å². The van der Waals surface area contributed by atoms with Crippen LogP contribution in [0.4, 0.5) is 0 Å². The maximum absolute atomic E-state index is 7.61. The third-order valence-corrected chi connectivity index (χ3v) is 1.51. The molecule has 2 heterocycles. The molecular formula is C10H8N2. The van der Waals surface area contributed by atoms with Crippen LogP contribution in [0.2, 0.25) is 0 Å². The number of pyridine rings is 2. The van der Waals surface area contributed by atoms with E-state index in [1.165, 1.54) is 0 Å². The molecule has 0 atom stereocenters. The van der Waals surface area contributed by atoms with Crippen LogP contribution >= 0.6 is 0 Å². The van der Waals surface area contributed by atoms with Gasteiger partial charge in [0, 0.05) is 12.4 Å². The van der Waals surface area contributed by atoms with Gasteiger partial charge in [0.1, 0.15) is 0 Å². The smallest absolute Gasteiger partial charge is 0.0886 e. The Kier molecular flexibility index (Phi) is 1.54. The summed E-state index contributed by atoms with van der Waals surface area (Å²) in [4.78, 5) is 8.23. The van der Waals surface area contributed by atoms with Gasteiger partial charge in [0.05, 0.1) is 12.8 Å². The van der Waals surface area contributed by atoms with Crippen molar-refractivity contribution in [1.82, 2.24) is 9.97 Å². The molecule has 58 valence electrons. The van der Waals surface area contributed by atoms with E-state index in [9.17, 15) is 0 Å². The Morgan fingerprint density at radius 2 is 1.67 bits per heavy atom. The average Bonchev–Trinajstić information content (AvgIpc) is 2.20. The number of hydrogen-bond donors (Lipinski definition) is 0. The molecule has 2 nitrogen and oxygen atoms in total. The fourth-order valence-electron chi connectivity index (χ4n) is 0.968. The molecule has 0 N–H and O–H groups in total. The van der Waals surface area contributed by atoms with Crippen molar-refractivity contribution in [2.24, 2.45) is 0 Å². The van der Waals surface area contributed by atoms with Crippen LogP contribution < -0.4 is 0 Å². The van der Waals surface area contributed by atoms with Gasteiger partial charge in [-0.3, -0.25) is 9.97 Å². The van der Waals surface area contributed by atoms with Gasteiger partial charge in [0.15, 0.2) is 0 Å². The second-order valence-corrected chi connectivity index (χ2v) is 2.35. The summed E-state index contributed by atoms with van der Waals surface area (Å²) in [5, 5.41) is 0. The van der Waals surface area contributed by atoms with Crippen molar-refractivity contribution >= 4 is 0 Å². The third kappa shape index (κ3) is 1.32. The zero-order valence-electron chi connectivity index (χ0n) is 7.44. The van der Waals surface area contributed by atoms with Crippen LogP contribution in [-0.2, 0) is 0 Å². The van der Waals surface area contributed by atoms with E-state index in [0.717, 1.165) is 5.69 Å². The van der Waals surface area contributed by atoms with E-state index in [0.29, 0.717) is 11.7 Å². The number of aromatic nitrogens is 2. The molecule has 0 saturated heterocycles. The molecule has 0 saturated carbocycles. The molecule has 0 fully saturated rings. The van der Waals surface area contributed by atoms with Gasteiger partial charge in [-0.25, -0.2) is 0 Å². The first-order valence-electron chi connectivity index (χ1n) is 4.21. The van der Waals surface area contributed by atoms with Gasteiger partial charge in [-0.1, -0.05) is 12.1 Å². The van der Waals surface area contributed by atoms with Crippen molar-refractivity contribution in [1.29, 1.82) is 0 Å². The van der Waals surface area contributed by atoms with Crippen LogP contribution in [0.25, 0.3) is 11.4 Å². The Balaban J connectivity index is 2.54. The van der Waals surface area contributed by atoms with Gasteiger partial charge >= 0.3 is 0 Å². The molecule has 0 aliphatic rings. The zero-order valence-corrected chi connectivity index (χ0v) is 6.44. The van der Waals surface area contributed by atoms with E-state index in [-0.39, 0.29) is 0 Å². The molecule has 0 aliphatic heterocycles. The van der Waals surface area contributed by atoms with Crippen LogP contribution in [0.1, 0.15) is 1.37 Å². The summed E-state index contributed by atoms with van der Waals surface area (Å²) >= 11 is 0. The van der Waals surface area contributed by atoms with Crippen molar-refractivity contribution in [3.8, 4) is 11.4 Å². The standard InChI is InChI=1S/C10H8N2/c1-3-7-11-9(5-1)10-6-2-4-8-12-10/h1-8H/i5D. The van der Waals surface area contributed by atoms with E-state index in [1.54, 1.807) is 24.5 Å². The normalized spacial score (nSPS) is 10.8. The van der Waals surface area contributed by atoms with Gasteiger partial charge < -0.3 is 0 Å². The summed E-state index contributed by atoms with van der Waals surface area (Å²) in [6, 6.07) is 9.43. The highest BCUT2D eigenvalue weighted by Crippen LogP contribution is 2.10. The van der Waals surface area contributed by atoms with Gasteiger partial charge in [0.25, 0.3) is 0 Å². The average molecular weight is 157 g/mol. The lowest BCUT2D eigenvalue weighted by Crippen LogP contribution is -1.83. The zero-order chi connectivity index (χ0) is 9.10. The number of rotatable bonds is 1. The first-order chi connectivity index (χ1) is 6.38. The second-order valence-electron chi connectivity index (χ2n) is 2.35. The Morgan fingerprint density at radius 1 is 0.917 bits per heavy atom. The van der Waals surface area contributed by atoms with E-state index < -0.39 is 0 Å². The Hall–Kier alpha value is -1.70. The first-order valence-corrected chi connectivity index (χ1v) is 3.71. The minimum atomic E-state index is 0.404. The highest BCUT2D eigenvalue weighted by atomic mass is 14.7. The largest absolute Gasteiger partial charge is 0.255 e. The fourth-order valence-corrected chi connectivity index (χ4v) is 0.968. The maximum atomic E-state index is 7.61. The predicted octanol–water partition coefficient (Wildman–Crippen LogP) is 2.14. The molecule has 2 rings (SSSR count). The SMILES string of the molecule is [2H]c1cccnc1-c1ccccn1. The van der Waals surface area contributed by atoms with Crippen molar-refractivity contribution in [3.05, 3.63) is 48.8 Å². The lowest BCUT2D eigenvalue weighted by molar-refractivity contribution is 1.25. The molecule has 12 heavy (non-hydrogen) atoms. The molecule has 0 unspecified atom stereocenters. The minimum absolute atomic E-state index is 0.404. The molecule has 0 aromatic carbocycles. The fraction of sp³-hybridized carbons (Fsp3) is 0. The molecule has 0 bridgehead atoms. The summed E-state index contributed by atoms with van der Waals surface area (Å²) < 4.78 is 7.61. The Morgan fingerprint density at radius 3 is 2.33 bits per heavy atom.